The maximum atomic E-state index is 15.1. The molecule has 3 atom stereocenters. The third kappa shape index (κ3) is 4.88. The molecule has 0 unspecified atom stereocenters. The fourth-order valence-corrected chi connectivity index (χ4v) is 6.24. The van der Waals surface area contributed by atoms with Crippen molar-refractivity contribution in [3.05, 3.63) is 83.3 Å². The number of carbonyl (C=O) groups excluding carboxylic acids is 1. The fourth-order valence-electron chi connectivity index (χ4n) is 4.79. The van der Waals surface area contributed by atoms with Gasteiger partial charge in [-0.1, -0.05) is 42.1 Å². The van der Waals surface area contributed by atoms with Crippen LogP contribution in [0.15, 0.2) is 59.9 Å². The minimum atomic E-state index is -1.11. The minimum absolute atomic E-state index is 0.0119. The lowest BCUT2D eigenvalue weighted by molar-refractivity contribution is 0.102. The number of methoxy groups -OCH3 is 1. The highest BCUT2D eigenvalue weighted by Gasteiger charge is 2.66. The van der Waals surface area contributed by atoms with Gasteiger partial charge < -0.3 is 20.5 Å². The van der Waals surface area contributed by atoms with Crippen LogP contribution in [0, 0.1) is 17.6 Å². The van der Waals surface area contributed by atoms with Crippen molar-refractivity contribution >= 4 is 28.5 Å². The van der Waals surface area contributed by atoms with Crippen LogP contribution in [0.25, 0.3) is 0 Å². The summed E-state index contributed by atoms with van der Waals surface area (Å²) in [5, 5.41) is 2.86. The van der Waals surface area contributed by atoms with Gasteiger partial charge in [-0.2, -0.15) is 0 Å². The van der Waals surface area contributed by atoms with Gasteiger partial charge in [0.15, 0.2) is 16.8 Å². The maximum absolute atomic E-state index is 15.1. The van der Waals surface area contributed by atoms with Crippen LogP contribution in [0.1, 0.15) is 35.0 Å². The molecule has 2 heterocycles. The lowest BCUT2D eigenvalue weighted by Gasteiger charge is -2.34. The highest BCUT2D eigenvalue weighted by atomic mass is 32.2. The Hall–Kier alpha value is -3.57. The zero-order valence-electron chi connectivity index (χ0n) is 20.2. The Morgan fingerprint density at radius 3 is 2.70 bits per heavy atom. The molecule has 2 aromatic carbocycles. The quantitative estimate of drug-likeness (QED) is 0.452. The Morgan fingerprint density at radius 1 is 1.22 bits per heavy atom. The Labute approximate surface area is 216 Å². The Bertz CT molecular complexity index is 1360. The van der Waals surface area contributed by atoms with Gasteiger partial charge in [-0.3, -0.25) is 9.79 Å². The number of nitrogens with zero attached hydrogens (tertiary/aromatic N) is 3. The van der Waals surface area contributed by atoms with Crippen LogP contribution in [-0.4, -0.2) is 39.5 Å². The van der Waals surface area contributed by atoms with Gasteiger partial charge in [0.05, 0.1) is 29.3 Å². The van der Waals surface area contributed by atoms with E-state index in [0.29, 0.717) is 19.6 Å². The number of carbonyl (C=O) groups is 1. The van der Waals surface area contributed by atoms with Crippen molar-refractivity contribution in [3.8, 4) is 5.88 Å². The normalized spacial score (nSPS) is 24.1. The molecular formula is C26H25F2N5O3S. The second kappa shape index (κ2) is 9.71. The molecule has 11 heteroatoms. The molecule has 1 fully saturated rings. The maximum Gasteiger partial charge on any atom is 0.275 e. The fraction of sp³-hybridized carbons (Fsp3) is 0.308. The number of halogens is 2. The van der Waals surface area contributed by atoms with Gasteiger partial charge in [-0.05, 0) is 25.0 Å². The zero-order valence-corrected chi connectivity index (χ0v) is 21.0. The molecule has 5 rings (SSSR count). The predicted octanol–water partition coefficient (Wildman–Crippen LogP) is 4.27. The lowest BCUT2D eigenvalue weighted by atomic mass is 9.85. The van der Waals surface area contributed by atoms with E-state index in [1.807, 2.05) is 30.3 Å². The number of anilines is 1. The van der Waals surface area contributed by atoms with E-state index in [9.17, 15) is 9.18 Å². The molecule has 1 aliphatic carbocycles. The van der Waals surface area contributed by atoms with E-state index in [2.05, 4.69) is 20.3 Å². The number of fused-ring (bicyclic) bond motifs is 1. The molecular weight excluding hydrogens is 500 g/mol. The van der Waals surface area contributed by atoms with Crippen LogP contribution < -0.4 is 15.8 Å². The number of hydrogen-bond acceptors (Lipinski definition) is 8. The summed E-state index contributed by atoms with van der Waals surface area (Å²) < 4.78 is 40.4. The summed E-state index contributed by atoms with van der Waals surface area (Å²) in [6.07, 6.45) is 3.28. The number of aliphatic imine (C=N–C) groups is 1. The smallest absolute Gasteiger partial charge is 0.275 e. The van der Waals surface area contributed by atoms with E-state index in [0.717, 1.165) is 11.6 Å². The molecule has 1 saturated carbocycles. The molecule has 1 amide bonds. The SMILES string of the molecule is COC[C@]12C[C@H]1[C@](C)(c1cc(NC(=O)c3cnc(OCc4ccccc4)cn3)cc(F)c1F)N=C(N)S2. The van der Waals surface area contributed by atoms with Crippen LogP contribution in [0.3, 0.4) is 0 Å². The largest absolute Gasteiger partial charge is 0.472 e. The number of thioether (sulfide) groups is 1. The molecule has 0 bridgehead atoms. The molecule has 1 aromatic heterocycles. The van der Waals surface area contributed by atoms with Crippen LogP contribution in [0.5, 0.6) is 5.88 Å². The zero-order chi connectivity index (χ0) is 26.2. The number of rotatable bonds is 8. The summed E-state index contributed by atoms with van der Waals surface area (Å²) >= 11 is 1.40. The number of aromatic nitrogens is 2. The van der Waals surface area contributed by atoms with Crippen molar-refractivity contribution in [2.75, 3.05) is 19.0 Å². The van der Waals surface area contributed by atoms with Crippen molar-refractivity contribution in [1.29, 1.82) is 0 Å². The van der Waals surface area contributed by atoms with Gasteiger partial charge in [0.25, 0.3) is 5.91 Å². The number of hydrogen-bond donors (Lipinski definition) is 2. The number of amides is 1. The number of nitrogens with one attached hydrogen (secondary N) is 1. The van der Waals surface area contributed by atoms with Crippen molar-refractivity contribution in [3.63, 3.8) is 0 Å². The van der Waals surface area contributed by atoms with E-state index in [4.69, 9.17) is 15.2 Å². The van der Waals surface area contributed by atoms with Gasteiger partial charge >= 0.3 is 0 Å². The molecule has 3 aromatic rings. The number of ether oxygens (including phenoxy) is 2. The number of nitrogens with two attached hydrogens (primary N) is 1. The van der Waals surface area contributed by atoms with Crippen LogP contribution in [0.4, 0.5) is 14.5 Å². The number of amidine groups is 1. The first-order valence-electron chi connectivity index (χ1n) is 11.6. The summed E-state index contributed by atoms with van der Waals surface area (Å²) in [6.45, 7) is 2.44. The third-order valence-corrected chi connectivity index (χ3v) is 7.94. The summed E-state index contributed by atoms with van der Waals surface area (Å²) in [4.78, 5) is 25.5. The highest BCUT2D eigenvalue weighted by Crippen LogP contribution is 2.66. The topological polar surface area (TPSA) is 112 Å². The molecule has 1 aliphatic heterocycles. The first-order valence-corrected chi connectivity index (χ1v) is 12.4. The van der Waals surface area contributed by atoms with Crippen LogP contribution >= 0.6 is 11.8 Å². The first-order chi connectivity index (χ1) is 17.7. The summed E-state index contributed by atoms with van der Waals surface area (Å²) in [5.41, 5.74) is 5.99. The molecule has 0 saturated heterocycles. The van der Waals surface area contributed by atoms with Gasteiger partial charge in [-0.25, -0.2) is 18.7 Å². The Morgan fingerprint density at radius 2 is 2.00 bits per heavy atom. The summed E-state index contributed by atoms with van der Waals surface area (Å²) in [7, 11) is 1.59. The van der Waals surface area contributed by atoms with Gasteiger partial charge in [-0.15, -0.1) is 0 Å². The monoisotopic (exact) mass is 525 g/mol. The van der Waals surface area contributed by atoms with E-state index < -0.39 is 23.1 Å². The average molecular weight is 526 g/mol. The van der Waals surface area contributed by atoms with Crippen LogP contribution in [-0.2, 0) is 16.9 Å². The summed E-state index contributed by atoms with van der Waals surface area (Å²) in [6, 6.07) is 11.9. The molecule has 37 heavy (non-hydrogen) atoms. The number of benzene rings is 2. The molecule has 192 valence electrons. The molecule has 2 aliphatic rings. The Kier molecular flexibility index (Phi) is 6.59. The van der Waals surface area contributed by atoms with Gasteiger partial charge in [0, 0.05) is 30.3 Å². The van der Waals surface area contributed by atoms with Gasteiger partial charge in [0.1, 0.15) is 12.3 Å². The molecule has 3 N–H and O–H groups in total. The second-order valence-electron chi connectivity index (χ2n) is 9.24. The van der Waals surface area contributed by atoms with Gasteiger partial charge in [0.2, 0.25) is 5.88 Å². The second-order valence-corrected chi connectivity index (χ2v) is 10.7. The van der Waals surface area contributed by atoms with E-state index in [1.165, 1.54) is 30.2 Å². The molecule has 0 radical (unpaired) electrons. The summed E-state index contributed by atoms with van der Waals surface area (Å²) in [5.74, 6) is -2.62. The standard InChI is InChI=1S/C26H25F2N5O3S/c1-25(20-10-26(20,14-35-2)37-24(29)33-25)17-8-16(9-18(27)22(17)28)32-23(34)19-11-31-21(12-30-19)36-13-15-6-4-3-5-7-15/h3-9,11-12,20H,10,13-14H2,1-2H3,(H2,29,33)(H,32,34)/t20-,25-,26+/m0/s1. The minimum Gasteiger partial charge on any atom is -0.472 e. The van der Waals surface area contributed by atoms with Crippen molar-refractivity contribution in [1.82, 2.24) is 9.97 Å². The Balaban J connectivity index is 1.33. The van der Waals surface area contributed by atoms with E-state index >= 15 is 4.39 Å². The lowest BCUT2D eigenvalue weighted by Crippen LogP contribution is -2.38. The van der Waals surface area contributed by atoms with Crippen molar-refractivity contribution < 1.29 is 23.0 Å². The van der Waals surface area contributed by atoms with Crippen molar-refractivity contribution in [2.45, 2.75) is 30.2 Å². The van der Waals surface area contributed by atoms with E-state index in [-0.39, 0.29) is 38.7 Å². The third-order valence-electron chi connectivity index (χ3n) is 6.66. The van der Waals surface area contributed by atoms with Crippen molar-refractivity contribution in [2.24, 2.45) is 16.6 Å². The average Bonchev–Trinajstić information content (AvgIpc) is 3.60. The predicted molar refractivity (Wildman–Crippen MR) is 136 cm³/mol. The van der Waals surface area contributed by atoms with E-state index in [1.54, 1.807) is 14.0 Å². The first kappa shape index (κ1) is 25.1. The molecule has 0 spiro atoms. The molecule has 8 nitrogen and oxygen atoms in total. The highest BCUT2D eigenvalue weighted by molar-refractivity contribution is 8.15. The van der Waals surface area contributed by atoms with Crippen LogP contribution in [0.2, 0.25) is 0 Å².